The van der Waals surface area contributed by atoms with Crippen molar-refractivity contribution in [2.45, 2.75) is 71.7 Å². The number of β-amino-alcohol motifs (C(OH)–C–C–N with tert-alkyl or cyclic N) is 1. The van der Waals surface area contributed by atoms with Crippen molar-refractivity contribution < 1.29 is 28.7 Å². The van der Waals surface area contributed by atoms with E-state index in [9.17, 15) is 24.3 Å². The molecule has 16 nitrogen and oxygen atoms in total. The molecule has 4 amide bonds. The van der Waals surface area contributed by atoms with Crippen molar-refractivity contribution in [1.29, 1.82) is 0 Å². The summed E-state index contributed by atoms with van der Waals surface area (Å²) in [6.45, 7) is 9.71. The summed E-state index contributed by atoms with van der Waals surface area (Å²) < 4.78 is 17.4. The molecule has 0 spiro atoms. The third kappa shape index (κ3) is 10.5. The minimum Gasteiger partial charge on any atom is -0.391 e. The summed E-state index contributed by atoms with van der Waals surface area (Å²) in [6, 6.07) is 20.4. The number of halogens is 1. The molecule has 2 fully saturated rings. The number of carbonyl (C=O) groups excluding carboxylic acids is 4. The van der Waals surface area contributed by atoms with Crippen LogP contribution in [0.15, 0.2) is 96.9 Å². The molecule has 356 valence electrons. The van der Waals surface area contributed by atoms with E-state index >= 15 is 4.39 Å². The fourth-order valence-electron chi connectivity index (χ4n) is 8.98. The maximum absolute atomic E-state index is 15.7. The Kier molecular flexibility index (Phi) is 13.6. The first-order valence-corrected chi connectivity index (χ1v) is 24.0. The highest BCUT2D eigenvalue weighted by Gasteiger charge is 2.44. The van der Waals surface area contributed by atoms with Gasteiger partial charge in [0.2, 0.25) is 17.7 Å². The molecule has 0 bridgehead atoms. The van der Waals surface area contributed by atoms with Crippen molar-refractivity contribution in [3.8, 4) is 21.7 Å². The maximum atomic E-state index is 15.7. The van der Waals surface area contributed by atoms with Crippen molar-refractivity contribution >= 4 is 51.6 Å². The molecule has 69 heavy (non-hydrogen) atoms. The molecule has 0 unspecified atom stereocenters. The Labute approximate surface area is 402 Å². The van der Waals surface area contributed by atoms with Crippen molar-refractivity contribution in [2.24, 2.45) is 5.41 Å². The van der Waals surface area contributed by atoms with Crippen LogP contribution in [0.25, 0.3) is 38.4 Å². The predicted molar refractivity (Wildman–Crippen MR) is 259 cm³/mol. The Morgan fingerprint density at radius 2 is 1.65 bits per heavy atom. The van der Waals surface area contributed by atoms with Gasteiger partial charge in [-0.15, -0.1) is 11.3 Å². The quantitative estimate of drug-likeness (QED) is 0.133. The SMILES string of the molecule is Cc1ncsc1-c1ccc(CNC(=O)[C@@H]2C[C@@H](O)CN2C(=O)[C@@H](NC(=O)CCN2CCN(C(=O)c3ccc(-c4cnc5ncc(Cc6ccc7ncccc7c6)n5n4)cc3F)CC2)C(C)(C)C)cc1. The smallest absolute Gasteiger partial charge is 0.256 e. The number of aliphatic hydroxyl groups excluding tert-OH is 1. The highest BCUT2D eigenvalue weighted by atomic mass is 32.1. The molecule has 0 saturated carbocycles. The topological polar surface area (TPSA) is 191 Å². The van der Waals surface area contributed by atoms with E-state index in [1.165, 1.54) is 23.2 Å². The van der Waals surface area contributed by atoms with Gasteiger partial charge in [0, 0.05) is 82.2 Å². The molecule has 4 aromatic heterocycles. The second-order valence-electron chi connectivity index (χ2n) is 18.8. The van der Waals surface area contributed by atoms with Crippen LogP contribution in [0.5, 0.6) is 0 Å². The maximum Gasteiger partial charge on any atom is 0.256 e. The number of likely N-dealkylation sites (tertiary alicyclic amines) is 1. The highest BCUT2D eigenvalue weighted by molar-refractivity contribution is 7.13. The van der Waals surface area contributed by atoms with Crippen LogP contribution in [-0.4, -0.2) is 130 Å². The number of rotatable bonds is 13. The van der Waals surface area contributed by atoms with E-state index in [4.69, 9.17) is 5.10 Å². The molecule has 2 aliphatic heterocycles. The Morgan fingerprint density at radius 1 is 0.899 bits per heavy atom. The van der Waals surface area contributed by atoms with Gasteiger partial charge >= 0.3 is 0 Å². The molecule has 7 aromatic rings. The summed E-state index contributed by atoms with van der Waals surface area (Å²) in [6.07, 6.45) is 4.87. The molecule has 0 radical (unpaired) electrons. The standard InChI is InChI=1S/C51H54FN11O5S/c1-31-45(69-30-57-31)34-10-7-32(8-11-34)26-54-47(66)43-25-38(64)29-62(43)49(68)46(51(2,3)4)58-44(65)15-17-60-18-20-61(21-19-60)48(67)39-13-12-36(24-40(39)52)42-28-56-50-55-27-37(63(50)59-42)23-33-9-14-41-35(22-33)6-5-16-53-41/h5-14,16,22,24,27-28,30,38,43,46,64H,15,17-21,23,25-26,29H2,1-4H3,(H,54,66)(H,58,65)/t38-,43+,46-/m1/s1. The molecule has 2 saturated heterocycles. The van der Waals surface area contributed by atoms with Crippen molar-refractivity contribution in [3.05, 3.63) is 131 Å². The summed E-state index contributed by atoms with van der Waals surface area (Å²) in [4.78, 5) is 78.4. The van der Waals surface area contributed by atoms with Crippen LogP contribution in [-0.2, 0) is 27.3 Å². The molecular formula is C51H54FN11O5S. The Morgan fingerprint density at radius 3 is 2.39 bits per heavy atom. The first-order valence-electron chi connectivity index (χ1n) is 23.1. The highest BCUT2D eigenvalue weighted by Crippen LogP contribution is 2.29. The van der Waals surface area contributed by atoms with Gasteiger partial charge in [0.25, 0.3) is 11.7 Å². The fourth-order valence-corrected chi connectivity index (χ4v) is 9.79. The number of benzene rings is 3. The lowest BCUT2D eigenvalue weighted by molar-refractivity contribution is -0.144. The van der Waals surface area contributed by atoms with Crippen LogP contribution >= 0.6 is 11.3 Å². The summed E-state index contributed by atoms with van der Waals surface area (Å²) in [5.74, 6) is -1.83. The molecular weight excluding hydrogens is 898 g/mol. The average Bonchev–Trinajstić information content (AvgIpc) is 4.09. The van der Waals surface area contributed by atoms with Gasteiger partial charge in [-0.05, 0) is 59.4 Å². The number of thiazole rings is 1. The number of pyridine rings is 1. The third-order valence-electron chi connectivity index (χ3n) is 12.9. The van der Waals surface area contributed by atoms with E-state index in [-0.39, 0.29) is 43.3 Å². The molecule has 0 aliphatic carbocycles. The van der Waals surface area contributed by atoms with Gasteiger partial charge in [-0.3, -0.25) is 29.1 Å². The number of aromatic nitrogens is 6. The lowest BCUT2D eigenvalue weighted by atomic mass is 9.85. The first-order chi connectivity index (χ1) is 33.2. The zero-order valence-corrected chi connectivity index (χ0v) is 39.7. The lowest BCUT2D eigenvalue weighted by Crippen LogP contribution is -2.58. The van der Waals surface area contributed by atoms with Crippen LogP contribution in [0, 0.1) is 18.2 Å². The summed E-state index contributed by atoms with van der Waals surface area (Å²) in [5, 5.41) is 22.3. The number of hydrogen-bond donors (Lipinski definition) is 3. The predicted octanol–water partition coefficient (Wildman–Crippen LogP) is 5.46. The second kappa shape index (κ2) is 19.9. The fraction of sp³-hybridized carbons (Fsp3) is 0.353. The van der Waals surface area contributed by atoms with Crippen LogP contribution in [0.3, 0.4) is 0 Å². The molecule has 3 aromatic carbocycles. The number of piperazine rings is 1. The van der Waals surface area contributed by atoms with Gasteiger partial charge in [-0.1, -0.05) is 63.2 Å². The van der Waals surface area contributed by atoms with Gasteiger partial charge in [0.15, 0.2) is 0 Å². The van der Waals surface area contributed by atoms with E-state index in [1.807, 2.05) is 81.7 Å². The molecule has 9 rings (SSSR count). The van der Waals surface area contributed by atoms with Crippen LogP contribution in [0.2, 0.25) is 0 Å². The van der Waals surface area contributed by atoms with E-state index in [2.05, 4.69) is 41.5 Å². The monoisotopic (exact) mass is 951 g/mol. The number of hydrogen-bond acceptors (Lipinski definition) is 12. The number of fused-ring (bicyclic) bond motifs is 2. The Balaban J connectivity index is 0.759. The van der Waals surface area contributed by atoms with Crippen molar-refractivity contribution in [2.75, 3.05) is 39.3 Å². The number of aryl methyl sites for hydroxylation is 1. The van der Waals surface area contributed by atoms with E-state index in [0.717, 1.165) is 43.9 Å². The van der Waals surface area contributed by atoms with E-state index < -0.39 is 41.2 Å². The van der Waals surface area contributed by atoms with Crippen molar-refractivity contribution in [1.82, 2.24) is 54.9 Å². The molecule has 6 heterocycles. The van der Waals surface area contributed by atoms with Crippen LogP contribution in [0.1, 0.15) is 66.5 Å². The van der Waals surface area contributed by atoms with Crippen molar-refractivity contribution in [3.63, 3.8) is 0 Å². The largest absolute Gasteiger partial charge is 0.391 e. The first kappa shape index (κ1) is 47.1. The normalized spacial score (nSPS) is 17.1. The minimum absolute atomic E-state index is 0.0241. The number of amides is 4. The summed E-state index contributed by atoms with van der Waals surface area (Å²) >= 11 is 1.57. The zero-order valence-electron chi connectivity index (χ0n) is 38.9. The third-order valence-corrected chi connectivity index (χ3v) is 13.9. The number of nitrogens with one attached hydrogen (secondary N) is 2. The van der Waals surface area contributed by atoms with Gasteiger partial charge < -0.3 is 25.5 Å². The van der Waals surface area contributed by atoms with E-state index in [1.54, 1.807) is 39.2 Å². The average molecular weight is 952 g/mol. The number of nitrogens with zero attached hydrogens (tertiary/aromatic N) is 9. The molecule has 2 aliphatic rings. The van der Waals surface area contributed by atoms with Gasteiger partial charge in [0.05, 0.1) is 51.4 Å². The van der Waals surface area contributed by atoms with Gasteiger partial charge in [0.1, 0.15) is 23.6 Å². The lowest BCUT2D eigenvalue weighted by Gasteiger charge is -2.36. The van der Waals surface area contributed by atoms with Crippen LogP contribution < -0.4 is 10.6 Å². The zero-order chi connectivity index (χ0) is 48.4. The van der Waals surface area contributed by atoms with Crippen LogP contribution in [0.4, 0.5) is 4.39 Å². The second-order valence-corrected chi connectivity index (χ2v) is 19.7. The summed E-state index contributed by atoms with van der Waals surface area (Å²) in [5.41, 5.74) is 7.60. The Hall–Kier alpha value is -7.02. The molecule has 3 N–H and O–H groups in total. The summed E-state index contributed by atoms with van der Waals surface area (Å²) in [7, 11) is 0. The number of carbonyl (C=O) groups is 4. The van der Waals surface area contributed by atoms with Gasteiger partial charge in [-0.25, -0.2) is 23.9 Å². The van der Waals surface area contributed by atoms with Gasteiger partial charge in [-0.2, -0.15) is 5.10 Å². The Bertz CT molecular complexity index is 3040. The molecule has 3 atom stereocenters. The minimum atomic E-state index is -0.957. The van der Waals surface area contributed by atoms with E-state index in [0.29, 0.717) is 56.2 Å². The number of imidazole rings is 1. The number of aliphatic hydroxyl groups is 1. The molecule has 18 heteroatoms.